The third-order valence-corrected chi connectivity index (χ3v) is 5.41. The fourth-order valence-corrected chi connectivity index (χ4v) is 3.62. The van der Waals surface area contributed by atoms with Crippen LogP contribution in [0.3, 0.4) is 0 Å². The minimum atomic E-state index is -0.508. The van der Waals surface area contributed by atoms with Gasteiger partial charge in [-0.2, -0.15) is 5.10 Å². The van der Waals surface area contributed by atoms with Crippen molar-refractivity contribution in [2.75, 3.05) is 0 Å². The third kappa shape index (κ3) is 5.57. The van der Waals surface area contributed by atoms with Gasteiger partial charge in [0, 0.05) is 22.2 Å². The van der Waals surface area contributed by atoms with Crippen LogP contribution in [0.5, 0.6) is 5.75 Å². The third-order valence-electron chi connectivity index (χ3n) is 5.16. The Morgan fingerprint density at radius 2 is 1.74 bits per heavy atom. The van der Waals surface area contributed by atoms with Crippen molar-refractivity contribution < 1.29 is 14.5 Å². The van der Waals surface area contributed by atoms with Gasteiger partial charge in [-0.15, -0.1) is 0 Å². The highest BCUT2D eigenvalue weighted by molar-refractivity contribution is 6.30. The molecule has 0 saturated heterocycles. The molecule has 0 fully saturated rings. The van der Waals surface area contributed by atoms with E-state index in [0.29, 0.717) is 28.5 Å². The Bertz CT molecular complexity index is 1370. The van der Waals surface area contributed by atoms with Gasteiger partial charge < -0.3 is 4.74 Å². The fourth-order valence-electron chi connectivity index (χ4n) is 3.50. The van der Waals surface area contributed by atoms with Crippen molar-refractivity contribution >= 4 is 40.2 Å². The van der Waals surface area contributed by atoms with Crippen LogP contribution in [0, 0.1) is 10.1 Å². The number of nitrogens with one attached hydrogen (secondary N) is 1. The number of hydrazone groups is 1. The number of halogens is 1. The van der Waals surface area contributed by atoms with E-state index in [2.05, 4.69) is 10.5 Å². The highest BCUT2D eigenvalue weighted by Gasteiger charge is 2.15. The first-order valence-corrected chi connectivity index (χ1v) is 10.8. The summed E-state index contributed by atoms with van der Waals surface area (Å²) in [5.74, 6) is 0.139. The summed E-state index contributed by atoms with van der Waals surface area (Å²) in [6.45, 7) is 0.334. The second-order valence-electron chi connectivity index (χ2n) is 7.47. The van der Waals surface area contributed by atoms with Gasteiger partial charge in [0.15, 0.2) is 0 Å². The van der Waals surface area contributed by atoms with Crippen LogP contribution in [0.2, 0.25) is 5.02 Å². The van der Waals surface area contributed by atoms with Gasteiger partial charge in [0.2, 0.25) is 5.91 Å². The summed E-state index contributed by atoms with van der Waals surface area (Å²) in [7, 11) is 0. The molecule has 0 aromatic heterocycles. The molecule has 1 amide bonds. The second kappa shape index (κ2) is 10.6. The molecular formula is C26H20ClN3O4. The molecular weight excluding hydrogens is 454 g/mol. The maximum absolute atomic E-state index is 12.4. The summed E-state index contributed by atoms with van der Waals surface area (Å²) < 4.78 is 6.04. The first-order valence-electron chi connectivity index (χ1n) is 10.4. The lowest BCUT2D eigenvalue weighted by molar-refractivity contribution is -0.385. The van der Waals surface area contributed by atoms with Gasteiger partial charge in [-0.1, -0.05) is 72.3 Å². The van der Waals surface area contributed by atoms with Crippen LogP contribution >= 0.6 is 11.6 Å². The van der Waals surface area contributed by atoms with Gasteiger partial charge in [0.25, 0.3) is 5.69 Å². The first-order chi connectivity index (χ1) is 16.5. The zero-order valence-electron chi connectivity index (χ0n) is 18.0. The molecule has 0 atom stereocenters. The van der Waals surface area contributed by atoms with Crippen LogP contribution in [0.4, 0.5) is 5.69 Å². The molecule has 1 N–H and O–H groups in total. The van der Waals surface area contributed by atoms with Crippen molar-refractivity contribution in [3.8, 4) is 5.75 Å². The molecule has 0 saturated carbocycles. The molecule has 0 aliphatic carbocycles. The van der Waals surface area contributed by atoms with Crippen molar-refractivity contribution in [3.63, 3.8) is 0 Å². The van der Waals surface area contributed by atoms with E-state index in [9.17, 15) is 14.9 Å². The second-order valence-corrected chi connectivity index (χ2v) is 7.91. The molecule has 0 radical (unpaired) electrons. The van der Waals surface area contributed by atoms with E-state index in [4.69, 9.17) is 16.3 Å². The zero-order valence-corrected chi connectivity index (χ0v) is 18.7. The molecule has 4 aromatic rings. The van der Waals surface area contributed by atoms with E-state index in [-0.39, 0.29) is 12.1 Å². The lowest BCUT2D eigenvalue weighted by atomic mass is 10.0. The van der Waals surface area contributed by atoms with Gasteiger partial charge in [0.05, 0.1) is 17.6 Å². The molecule has 0 spiro atoms. The number of nitrogens with zero attached hydrogens (tertiary/aromatic N) is 2. The number of nitro benzene ring substituents is 1. The Hall–Kier alpha value is -4.23. The molecule has 170 valence electrons. The minimum absolute atomic E-state index is 0.103. The number of hydrogen-bond donors (Lipinski definition) is 1. The minimum Gasteiger partial charge on any atom is -0.488 e. The zero-order chi connectivity index (χ0) is 23.9. The summed E-state index contributed by atoms with van der Waals surface area (Å²) in [4.78, 5) is 23.0. The Labute approximate surface area is 200 Å². The maximum Gasteiger partial charge on any atom is 0.273 e. The standard InChI is InChI=1S/C26H20ClN3O4/c27-21-12-9-18(10-13-21)17-34-25-14-11-19-5-1-3-7-22(19)23(25)16-28-29-26(31)15-20-6-2-4-8-24(20)30(32)33/h1-14,16H,15,17H2,(H,29,31). The van der Waals surface area contributed by atoms with E-state index >= 15 is 0 Å². The van der Waals surface area contributed by atoms with Crippen LogP contribution in [-0.4, -0.2) is 17.0 Å². The van der Waals surface area contributed by atoms with E-state index in [1.165, 1.54) is 12.3 Å². The van der Waals surface area contributed by atoms with Gasteiger partial charge in [0.1, 0.15) is 12.4 Å². The van der Waals surface area contributed by atoms with E-state index in [1.54, 1.807) is 30.3 Å². The summed E-state index contributed by atoms with van der Waals surface area (Å²) in [6, 6.07) is 25.1. The van der Waals surface area contributed by atoms with Crippen molar-refractivity contribution in [2.24, 2.45) is 5.10 Å². The van der Waals surface area contributed by atoms with Crippen molar-refractivity contribution in [2.45, 2.75) is 13.0 Å². The smallest absolute Gasteiger partial charge is 0.273 e. The number of carbonyl (C=O) groups is 1. The number of carbonyl (C=O) groups excluding carboxylic acids is 1. The Morgan fingerprint density at radius 1 is 1.00 bits per heavy atom. The van der Waals surface area contributed by atoms with Crippen LogP contribution in [-0.2, 0) is 17.8 Å². The van der Waals surface area contributed by atoms with E-state index in [1.807, 2.05) is 48.5 Å². The average Bonchev–Trinajstić information content (AvgIpc) is 2.84. The summed E-state index contributed by atoms with van der Waals surface area (Å²) in [6.07, 6.45) is 1.36. The lowest BCUT2D eigenvalue weighted by Crippen LogP contribution is -2.20. The van der Waals surface area contributed by atoms with Gasteiger partial charge >= 0.3 is 0 Å². The fraction of sp³-hybridized carbons (Fsp3) is 0.0769. The van der Waals surface area contributed by atoms with Crippen LogP contribution in [0.25, 0.3) is 10.8 Å². The number of benzene rings is 4. The van der Waals surface area contributed by atoms with Gasteiger partial charge in [-0.25, -0.2) is 5.43 Å². The van der Waals surface area contributed by atoms with Crippen molar-refractivity contribution in [3.05, 3.63) is 117 Å². The average molecular weight is 474 g/mol. The predicted molar refractivity (Wildman–Crippen MR) is 132 cm³/mol. The van der Waals surface area contributed by atoms with E-state index in [0.717, 1.165) is 16.3 Å². The van der Waals surface area contributed by atoms with Gasteiger partial charge in [-0.05, 0) is 34.5 Å². The Morgan fingerprint density at radius 3 is 2.53 bits per heavy atom. The topological polar surface area (TPSA) is 93.8 Å². The summed E-state index contributed by atoms with van der Waals surface area (Å²) in [5.41, 5.74) is 4.33. The van der Waals surface area contributed by atoms with E-state index < -0.39 is 10.8 Å². The number of nitro groups is 1. The van der Waals surface area contributed by atoms with Crippen LogP contribution in [0.15, 0.2) is 90.0 Å². The number of fused-ring (bicyclic) bond motifs is 1. The SMILES string of the molecule is O=C(Cc1ccccc1[N+](=O)[O-])NN=Cc1c(OCc2ccc(Cl)cc2)ccc2ccccc12. The first kappa shape index (κ1) is 22.9. The Balaban J connectivity index is 1.53. The molecule has 4 aromatic carbocycles. The number of rotatable bonds is 8. The summed E-state index contributed by atoms with van der Waals surface area (Å²) >= 11 is 5.95. The number of hydrogen-bond acceptors (Lipinski definition) is 5. The van der Waals surface area contributed by atoms with Crippen molar-refractivity contribution in [1.29, 1.82) is 0 Å². The Kier molecular flexibility index (Phi) is 7.15. The normalized spacial score (nSPS) is 11.0. The quantitative estimate of drug-likeness (QED) is 0.202. The van der Waals surface area contributed by atoms with Crippen LogP contribution < -0.4 is 10.2 Å². The molecule has 34 heavy (non-hydrogen) atoms. The molecule has 0 unspecified atom stereocenters. The molecule has 4 rings (SSSR count). The maximum atomic E-state index is 12.4. The number of para-hydroxylation sites is 1. The van der Waals surface area contributed by atoms with Gasteiger partial charge in [-0.3, -0.25) is 14.9 Å². The largest absolute Gasteiger partial charge is 0.488 e. The highest BCUT2D eigenvalue weighted by Crippen LogP contribution is 2.27. The molecule has 0 aliphatic heterocycles. The number of amides is 1. The number of ether oxygens (including phenoxy) is 1. The predicted octanol–water partition coefficient (Wildman–Crippen LogP) is 5.67. The molecule has 7 nitrogen and oxygen atoms in total. The lowest BCUT2D eigenvalue weighted by Gasteiger charge is -2.12. The summed E-state index contributed by atoms with van der Waals surface area (Å²) in [5, 5.41) is 17.8. The molecule has 0 aliphatic rings. The van der Waals surface area contributed by atoms with Crippen molar-refractivity contribution in [1.82, 2.24) is 5.43 Å². The molecule has 8 heteroatoms. The monoisotopic (exact) mass is 473 g/mol. The highest BCUT2D eigenvalue weighted by atomic mass is 35.5. The molecule has 0 bridgehead atoms. The molecule has 0 heterocycles. The van der Waals surface area contributed by atoms with Crippen LogP contribution in [0.1, 0.15) is 16.7 Å².